The Balaban J connectivity index is 2.02. The number of nitrogens with one attached hydrogen (secondary N) is 1. The van der Waals surface area contributed by atoms with Crippen molar-refractivity contribution in [2.45, 2.75) is 6.54 Å². The average Bonchev–Trinajstić information content (AvgIpc) is 2.55. The lowest BCUT2D eigenvalue weighted by atomic mass is 10.1. The molecule has 1 aromatic heterocycles. The van der Waals surface area contributed by atoms with E-state index in [9.17, 15) is 9.59 Å². The van der Waals surface area contributed by atoms with Gasteiger partial charge in [-0.2, -0.15) is 0 Å². The number of nitrogens with zero attached hydrogens (tertiary/aromatic N) is 2. The summed E-state index contributed by atoms with van der Waals surface area (Å²) in [7, 11) is 3.41. The van der Waals surface area contributed by atoms with Gasteiger partial charge in [0.15, 0.2) is 0 Å². The lowest BCUT2D eigenvalue weighted by molar-refractivity contribution is 0.0827. The molecule has 2 rings (SSSR count). The quantitative estimate of drug-likeness (QED) is 0.584. The number of carbonyl (C=O) groups excluding carboxylic acids is 2. The van der Waals surface area contributed by atoms with Crippen LogP contribution < -0.4 is 5.32 Å². The number of aromatic nitrogens is 1. The largest absolute Gasteiger partial charge is 0.348 e. The van der Waals surface area contributed by atoms with Crippen molar-refractivity contribution in [2.24, 2.45) is 0 Å². The van der Waals surface area contributed by atoms with Crippen molar-refractivity contribution in [3.8, 4) is 0 Å². The zero-order valence-electron chi connectivity index (χ0n) is 12.6. The number of rotatable bonds is 4. The van der Waals surface area contributed by atoms with Gasteiger partial charge in [-0.1, -0.05) is 23.7 Å². The number of amides is 2. The van der Waals surface area contributed by atoms with Crippen molar-refractivity contribution in [1.82, 2.24) is 15.2 Å². The molecule has 0 fully saturated rings. The van der Waals surface area contributed by atoms with Gasteiger partial charge in [-0.3, -0.25) is 9.59 Å². The highest BCUT2D eigenvalue weighted by Gasteiger charge is 2.13. The molecule has 0 saturated heterocycles. The van der Waals surface area contributed by atoms with E-state index in [4.69, 9.17) is 11.6 Å². The Bertz CT molecular complexity index is 733. The first-order valence-electron chi connectivity index (χ1n) is 6.79. The van der Waals surface area contributed by atoms with Gasteiger partial charge in [0.25, 0.3) is 11.8 Å². The third kappa shape index (κ3) is 4.42. The molecule has 1 heterocycles. The van der Waals surface area contributed by atoms with E-state index in [1.165, 1.54) is 11.1 Å². The predicted molar refractivity (Wildman–Crippen MR) is 97.6 cm³/mol. The van der Waals surface area contributed by atoms with Crippen molar-refractivity contribution in [3.05, 3.63) is 61.9 Å². The van der Waals surface area contributed by atoms with E-state index in [1.54, 1.807) is 32.3 Å². The zero-order chi connectivity index (χ0) is 17.0. The molecular weight excluding hydrogens is 429 g/mol. The van der Waals surface area contributed by atoms with Crippen molar-refractivity contribution >= 4 is 46.0 Å². The first kappa shape index (κ1) is 17.7. The van der Waals surface area contributed by atoms with E-state index in [0.29, 0.717) is 26.4 Å². The molecule has 2 aromatic rings. The molecule has 0 spiro atoms. The highest BCUT2D eigenvalue weighted by molar-refractivity contribution is 14.1. The maximum Gasteiger partial charge on any atom is 0.253 e. The van der Waals surface area contributed by atoms with Crippen LogP contribution in [0.5, 0.6) is 0 Å². The van der Waals surface area contributed by atoms with Crippen LogP contribution in [-0.2, 0) is 6.54 Å². The van der Waals surface area contributed by atoms with Gasteiger partial charge in [-0.25, -0.2) is 4.98 Å². The molecule has 0 aliphatic heterocycles. The molecule has 0 unspecified atom stereocenters. The van der Waals surface area contributed by atoms with Crippen LogP contribution in [0.3, 0.4) is 0 Å². The number of halogens is 2. The Morgan fingerprint density at radius 2 is 1.87 bits per heavy atom. The molecule has 0 aliphatic rings. The van der Waals surface area contributed by atoms with Crippen LogP contribution in [0.15, 0.2) is 36.5 Å². The Morgan fingerprint density at radius 3 is 2.48 bits per heavy atom. The lowest BCUT2D eigenvalue weighted by Crippen LogP contribution is -2.24. The van der Waals surface area contributed by atoms with Crippen LogP contribution in [-0.4, -0.2) is 35.8 Å². The third-order valence-electron chi connectivity index (χ3n) is 3.15. The number of benzene rings is 1. The second-order valence-corrected chi connectivity index (χ2v) is 6.48. The van der Waals surface area contributed by atoms with E-state index in [-0.39, 0.29) is 11.8 Å². The molecule has 7 heteroatoms. The molecule has 2 amide bonds. The first-order valence-corrected chi connectivity index (χ1v) is 8.24. The SMILES string of the molecule is CN(C)C(=O)c1ccc(CNC(=O)c2ccnc(Cl)c2I)cc1. The van der Waals surface area contributed by atoms with Gasteiger partial charge < -0.3 is 10.2 Å². The minimum Gasteiger partial charge on any atom is -0.348 e. The normalized spacial score (nSPS) is 10.3. The summed E-state index contributed by atoms with van der Waals surface area (Å²) in [6, 6.07) is 8.76. The molecule has 1 N–H and O–H groups in total. The standard InChI is InChI=1S/C16H15ClIN3O2/c1-21(2)16(23)11-5-3-10(4-6-11)9-20-15(22)12-7-8-19-14(17)13(12)18/h3-8H,9H2,1-2H3,(H,20,22). The van der Waals surface area contributed by atoms with Gasteiger partial charge in [-0.15, -0.1) is 0 Å². The Morgan fingerprint density at radius 1 is 1.22 bits per heavy atom. The van der Waals surface area contributed by atoms with Gasteiger partial charge in [-0.05, 0) is 46.4 Å². The molecule has 0 atom stereocenters. The molecule has 0 radical (unpaired) electrons. The first-order chi connectivity index (χ1) is 10.9. The van der Waals surface area contributed by atoms with Crippen LogP contribution in [0.2, 0.25) is 5.15 Å². The van der Waals surface area contributed by atoms with Gasteiger partial charge in [0.05, 0.1) is 9.13 Å². The zero-order valence-corrected chi connectivity index (χ0v) is 15.6. The van der Waals surface area contributed by atoms with E-state index in [2.05, 4.69) is 10.3 Å². The summed E-state index contributed by atoms with van der Waals surface area (Å²) in [6.07, 6.45) is 1.50. The number of pyridine rings is 1. The summed E-state index contributed by atoms with van der Waals surface area (Å²) in [5.74, 6) is -0.270. The molecule has 0 bridgehead atoms. The van der Waals surface area contributed by atoms with E-state index >= 15 is 0 Å². The van der Waals surface area contributed by atoms with Crippen molar-refractivity contribution in [2.75, 3.05) is 14.1 Å². The van der Waals surface area contributed by atoms with Crippen LogP contribution in [0, 0.1) is 3.57 Å². The molecule has 23 heavy (non-hydrogen) atoms. The summed E-state index contributed by atoms with van der Waals surface area (Å²) in [5.41, 5.74) is 2.01. The van der Waals surface area contributed by atoms with Gasteiger partial charge in [0.2, 0.25) is 0 Å². The summed E-state index contributed by atoms with van der Waals surface area (Å²) >= 11 is 7.91. The maximum atomic E-state index is 12.2. The summed E-state index contributed by atoms with van der Waals surface area (Å²) in [5, 5.41) is 3.14. The van der Waals surface area contributed by atoms with Crippen molar-refractivity contribution < 1.29 is 9.59 Å². The Kier molecular flexibility index (Phi) is 5.95. The molecule has 0 aliphatic carbocycles. The average molecular weight is 444 g/mol. The van der Waals surface area contributed by atoms with E-state index in [0.717, 1.165) is 5.56 Å². The highest BCUT2D eigenvalue weighted by Crippen LogP contribution is 2.19. The van der Waals surface area contributed by atoms with Crippen LogP contribution in [0.4, 0.5) is 0 Å². The Labute approximate surface area is 153 Å². The lowest BCUT2D eigenvalue weighted by Gasteiger charge is -2.11. The highest BCUT2D eigenvalue weighted by atomic mass is 127. The van der Waals surface area contributed by atoms with E-state index in [1.807, 2.05) is 34.7 Å². The summed E-state index contributed by atoms with van der Waals surface area (Å²) in [6.45, 7) is 0.366. The van der Waals surface area contributed by atoms with Gasteiger partial charge in [0.1, 0.15) is 5.15 Å². The van der Waals surface area contributed by atoms with Crippen molar-refractivity contribution in [3.63, 3.8) is 0 Å². The van der Waals surface area contributed by atoms with Gasteiger partial charge in [0, 0.05) is 32.4 Å². The van der Waals surface area contributed by atoms with Crippen molar-refractivity contribution in [1.29, 1.82) is 0 Å². The molecular formula is C16H15ClIN3O2. The fraction of sp³-hybridized carbons (Fsp3) is 0.188. The molecule has 0 saturated carbocycles. The smallest absolute Gasteiger partial charge is 0.253 e. The Hall–Kier alpha value is -1.67. The van der Waals surface area contributed by atoms with Crippen LogP contribution in [0.25, 0.3) is 0 Å². The predicted octanol–water partition coefficient (Wildman–Crippen LogP) is 2.97. The van der Waals surface area contributed by atoms with Crippen LogP contribution in [0.1, 0.15) is 26.3 Å². The summed E-state index contributed by atoms with van der Waals surface area (Å²) in [4.78, 5) is 29.4. The van der Waals surface area contributed by atoms with E-state index < -0.39 is 0 Å². The number of carbonyl (C=O) groups is 2. The summed E-state index contributed by atoms with van der Waals surface area (Å²) < 4.78 is 0.621. The maximum absolute atomic E-state index is 12.2. The van der Waals surface area contributed by atoms with Crippen LogP contribution >= 0.6 is 34.2 Å². The number of hydrogen-bond donors (Lipinski definition) is 1. The third-order valence-corrected chi connectivity index (χ3v) is 4.85. The monoisotopic (exact) mass is 443 g/mol. The fourth-order valence-corrected chi connectivity index (χ4v) is 2.62. The minimum atomic E-state index is -0.216. The topological polar surface area (TPSA) is 62.3 Å². The van der Waals surface area contributed by atoms with Gasteiger partial charge >= 0.3 is 0 Å². The fourth-order valence-electron chi connectivity index (χ4n) is 1.89. The molecule has 120 valence electrons. The molecule has 1 aromatic carbocycles. The second kappa shape index (κ2) is 7.74. The second-order valence-electron chi connectivity index (χ2n) is 5.04. The molecule has 5 nitrogen and oxygen atoms in total. The number of hydrogen-bond acceptors (Lipinski definition) is 3. The minimum absolute atomic E-state index is 0.0541.